The molecule has 0 N–H and O–H groups in total. The number of nitrogens with zero attached hydrogens (tertiary/aromatic N) is 2. The molecule has 1 aliphatic rings. The first-order valence-electron chi connectivity index (χ1n) is 9.23. The lowest BCUT2D eigenvalue weighted by molar-refractivity contribution is 0.167. The number of para-hydroxylation sites is 2. The van der Waals surface area contributed by atoms with Crippen LogP contribution in [0.4, 0.5) is 0 Å². The highest BCUT2D eigenvalue weighted by Gasteiger charge is 2.25. The van der Waals surface area contributed by atoms with Crippen LogP contribution >= 0.6 is 0 Å². The summed E-state index contributed by atoms with van der Waals surface area (Å²) >= 11 is 0. The summed E-state index contributed by atoms with van der Waals surface area (Å²) in [6, 6.07) is 13.8. The van der Waals surface area contributed by atoms with E-state index >= 15 is 0 Å². The number of hydrogen-bond acceptors (Lipinski definition) is 5. The number of ether oxygens (including phenoxy) is 2. The SMILES string of the molecule is COc1ccc(CN2CCC[C@H](n3c(=O)oc4ccccc43)C2)cc1OC. The van der Waals surface area contributed by atoms with E-state index in [9.17, 15) is 4.79 Å². The van der Waals surface area contributed by atoms with Crippen molar-refractivity contribution in [2.24, 2.45) is 0 Å². The monoisotopic (exact) mass is 368 g/mol. The lowest BCUT2D eigenvalue weighted by Gasteiger charge is -2.33. The lowest BCUT2D eigenvalue weighted by atomic mass is 10.0. The smallest absolute Gasteiger partial charge is 0.420 e. The van der Waals surface area contributed by atoms with Crippen molar-refractivity contribution in [3.05, 3.63) is 58.6 Å². The summed E-state index contributed by atoms with van der Waals surface area (Å²) in [5, 5.41) is 0. The van der Waals surface area contributed by atoms with Gasteiger partial charge in [-0.15, -0.1) is 0 Å². The molecule has 2 heterocycles. The van der Waals surface area contributed by atoms with Crippen LogP contribution < -0.4 is 15.2 Å². The molecular formula is C21H24N2O4. The molecule has 27 heavy (non-hydrogen) atoms. The highest BCUT2D eigenvalue weighted by atomic mass is 16.5. The number of hydrogen-bond donors (Lipinski definition) is 0. The Labute approximate surface area is 157 Å². The normalized spacial score (nSPS) is 17.9. The van der Waals surface area contributed by atoms with Crippen LogP contribution in [-0.2, 0) is 6.54 Å². The molecule has 1 fully saturated rings. The van der Waals surface area contributed by atoms with Gasteiger partial charge in [-0.05, 0) is 49.2 Å². The minimum absolute atomic E-state index is 0.120. The standard InChI is InChI=1S/C21H24N2O4/c1-25-19-10-9-15(12-20(19)26-2)13-22-11-5-6-16(14-22)23-17-7-3-4-8-18(17)27-21(23)24/h3-4,7-10,12,16H,5-6,11,13-14H2,1-2H3/t16-/m0/s1. The Bertz CT molecular complexity index is 991. The van der Waals surface area contributed by atoms with E-state index in [4.69, 9.17) is 13.9 Å². The van der Waals surface area contributed by atoms with Gasteiger partial charge in [0.25, 0.3) is 0 Å². The summed E-state index contributed by atoms with van der Waals surface area (Å²) in [5.41, 5.74) is 2.69. The van der Waals surface area contributed by atoms with E-state index in [2.05, 4.69) is 11.0 Å². The third-order valence-electron chi connectivity index (χ3n) is 5.22. The Morgan fingerprint density at radius 2 is 1.93 bits per heavy atom. The summed E-state index contributed by atoms with van der Waals surface area (Å²) in [5.74, 6) is 1.20. The van der Waals surface area contributed by atoms with E-state index < -0.39 is 0 Å². The molecule has 1 aliphatic heterocycles. The fourth-order valence-corrected chi connectivity index (χ4v) is 3.95. The van der Waals surface area contributed by atoms with Crippen LogP contribution in [0.3, 0.4) is 0 Å². The van der Waals surface area contributed by atoms with Gasteiger partial charge in [0.1, 0.15) is 0 Å². The Hall–Kier alpha value is -2.73. The van der Waals surface area contributed by atoms with Gasteiger partial charge >= 0.3 is 5.76 Å². The van der Waals surface area contributed by atoms with Gasteiger partial charge < -0.3 is 13.9 Å². The predicted octanol–water partition coefficient (Wildman–Crippen LogP) is 3.45. The maximum atomic E-state index is 12.4. The second kappa shape index (κ2) is 7.48. The van der Waals surface area contributed by atoms with Crippen molar-refractivity contribution < 1.29 is 13.9 Å². The molecule has 0 radical (unpaired) electrons. The molecule has 0 unspecified atom stereocenters. The van der Waals surface area contributed by atoms with Gasteiger partial charge in [0.05, 0.1) is 25.8 Å². The minimum Gasteiger partial charge on any atom is -0.493 e. The molecule has 0 aliphatic carbocycles. The van der Waals surface area contributed by atoms with E-state index in [1.54, 1.807) is 14.2 Å². The molecule has 0 amide bonds. The van der Waals surface area contributed by atoms with Gasteiger partial charge in [0, 0.05) is 13.1 Å². The molecule has 3 aromatic rings. The second-order valence-corrected chi connectivity index (χ2v) is 6.93. The Morgan fingerprint density at radius 3 is 2.74 bits per heavy atom. The van der Waals surface area contributed by atoms with E-state index in [1.807, 2.05) is 41.0 Å². The molecule has 1 saturated heterocycles. The average molecular weight is 368 g/mol. The molecule has 0 spiro atoms. The van der Waals surface area contributed by atoms with Gasteiger partial charge in [-0.3, -0.25) is 9.47 Å². The number of fused-ring (bicyclic) bond motifs is 1. The summed E-state index contributed by atoms with van der Waals surface area (Å²) in [4.78, 5) is 14.8. The number of piperidine rings is 1. The van der Waals surface area contributed by atoms with Crippen molar-refractivity contribution in [3.8, 4) is 11.5 Å². The summed E-state index contributed by atoms with van der Waals surface area (Å²) in [6.45, 7) is 2.63. The Morgan fingerprint density at radius 1 is 1.11 bits per heavy atom. The first-order chi connectivity index (χ1) is 13.2. The van der Waals surface area contributed by atoms with E-state index in [1.165, 1.54) is 0 Å². The van der Waals surface area contributed by atoms with Crippen molar-refractivity contribution >= 4 is 11.1 Å². The number of likely N-dealkylation sites (tertiary alicyclic amines) is 1. The molecule has 2 aromatic carbocycles. The minimum atomic E-state index is -0.269. The molecule has 142 valence electrons. The molecule has 6 heteroatoms. The summed E-state index contributed by atoms with van der Waals surface area (Å²) in [7, 11) is 3.29. The van der Waals surface area contributed by atoms with E-state index in [0.29, 0.717) is 5.58 Å². The van der Waals surface area contributed by atoms with Crippen LogP contribution in [-0.4, -0.2) is 36.8 Å². The largest absolute Gasteiger partial charge is 0.493 e. The van der Waals surface area contributed by atoms with Crippen LogP contribution in [0.1, 0.15) is 24.4 Å². The van der Waals surface area contributed by atoms with Crippen LogP contribution in [0.5, 0.6) is 11.5 Å². The zero-order valence-corrected chi connectivity index (χ0v) is 15.7. The van der Waals surface area contributed by atoms with Gasteiger partial charge in [-0.25, -0.2) is 4.79 Å². The average Bonchev–Trinajstić information content (AvgIpc) is 3.03. The van der Waals surface area contributed by atoms with Crippen LogP contribution in [0.15, 0.2) is 51.7 Å². The molecular weight excluding hydrogens is 344 g/mol. The third kappa shape index (κ3) is 3.45. The molecule has 1 atom stereocenters. The van der Waals surface area contributed by atoms with Crippen molar-refractivity contribution in [1.82, 2.24) is 9.47 Å². The van der Waals surface area contributed by atoms with Crippen molar-refractivity contribution in [2.75, 3.05) is 27.3 Å². The maximum Gasteiger partial charge on any atom is 0.420 e. The second-order valence-electron chi connectivity index (χ2n) is 6.93. The topological polar surface area (TPSA) is 56.8 Å². The van der Waals surface area contributed by atoms with Crippen LogP contribution in [0.25, 0.3) is 11.1 Å². The van der Waals surface area contributed by atoms with Crippen LogP contribution in [0.2, 0.25) is 0 Å². The van der Waals surface area contributed by atoms with Crippen molar-refractivity contribution in [1.29, 1.82) is 0 Å². The van der Waals surface area contributed by atoms with Crippen molar-refractivity contribution in [2.45, 2.75) is 25.4 Å². The zero-order chi connectivity index (χ0) is 18.8. The zero-order valence-electron chi connectivity index (χ0n) is 15.7. The molecule has 6 nitrogen and oxygen atoms in total. The molecule has 0 bridgehead atoms. The number of methoxy groups -OCH3 is 2. The number of benzene rings is 2. The van der Waals surface area contributed by atoms with Gasteiger partial charge in [-0.1, -0.05) is 18.2 Å². The fraction of sp³-hybridized carbons (Fsp3) is 0.381. The molecule has 1 aromatic heterocycles. The first-order valence-corrected chi connectivity index (χ1v) is 9.23. The number of aromatic nitrogens is 1. The summed E-state index contributed by atoms with van der Waals surface area (Å²) < 4.78 is 18.0. The quantitative estimate of drug-likeness (QED) is 0.690. The summed E-state index contributed by atoms with van der Waals surface area (Å²) in [6.07, 6.45) is 2.02. The predicted molar refractivity (Wildman–Crippen MR) is 104 cm³/mol. The fourth-order valence-electron chi connectivity index (χ4n) is 3.95. The van der Waals surface area contributed by atoms with E-state index in [0.717, 1.165) is 55.1 Å². The van der Waals surface area contributed by atoms with Gasteiger partial charge in [0.15, 0.2) is 17.1 Å². The Kier molecular flexibility index (Phi) is 4.90. The van der Waals surface area contributed by atoms with E-state index in [-0.39, 0.29) is 11.8 Å². The highest BCUT2D eigenvalue weighted by molar-refractivity contribution is 5.72. The highest BCUT2D eigenvalue weighted by Crippen LogP contribution is 2.30. The van der Waals surface area contributed by atoms with Crippen LogP contribution in [0, 0.1) is 0 Å². The lowest BCUT2D eigenvalue weighted by Crippen LogP contribution is -2.38. The third-order valence-corrected chi connectivity index (χ3v) is 5.22. The first kappa shape index (κ1) is 17.7. The molecule has 4 rings (SSSR count). The number of oxazole rings is 1. The maximum absolute atomic E-state index is 12.4. The van der Waals surface area contributed by atoms with Crippen molar-refractivity contribution in [3.63, 3.8) is 0 Å². The van der Waals surface area contributed by atoms with Gasteiger partial charge in [0.2, 0.25) is 0 Å². The Balaban J connectivity index is 1.55. The molecule has 0 saturated carbocycles. The number of rotatable bonds is 5. The van der Waals surface area contributed by atoms with Gasteiger partial charge in [-0.2, -0.15) is 0 Å².